The number of nitrogens with two attached hydrogens (primary N) is 2. The summed E-state index contributed by atoms with van der Waals surface area (Å²) in [6, 6.07) is 5.71. The Hall–Kier alpha value is -1.44. The number of nitrogens with zero attached hydrogens (tertiary/aromatic N) is 1. The monoisotopic (exact) mass is 311 g/mol. The summed E-state index contributed by atoms with van der Waals surface area (Å²) >= 11 is 0. The van der Waals surface area contributed by atoms with E-state index >= 15 is 0 Å². The molecule has 1 aliphatic heterocycles. The van der Waals surface area contributed by atoms with Crippen LogP contribution in [0.1, 0.15) is 36.0 Å². The predicted octanol–water partition coefficient (Wildman–Crippen LogP) is 0.678. The molecule has 0 aliphatic carbocycles. The molecule has 21 heavy (non-hydrogen) atoms. The van der Waals surface area contributed by atoms with Crippen molar-refractivity contribution in [3.05, 3.63) is 29.8 Å². The first-order chi connectivity index (χ1) is 9.96. The Balaban J connectivity index is 2.28. The fourth-order valence-electron chi connectivity index (χ4n) is 2.70. The zero-order valence-electron chi connectivity index (χ0n) is 11.9. The number of piperidine rings is 1. The van der Waals surface area contributed by atoms with Gasteiger partial charge in [-0.2, -0.15) is 4.31 Å². The van der Waals surface area contributed by atoms with Crippen molar-refractivity contribution in [1.82, 2.24) is 4.31 Å². The Kier molecular flexibility index (Phi) is 4.97. The second kappa shape index (κ2) is 6.55. The van der Waals surface area contributed by atoms with E-state index in [4.69, 9.17) is 11.5 Å². The number of hydrogen-bond acceptors (Lipinski definition) is 4. The van der Waals surface area contributed by atoms with Gasteiger partial charge in [0, 0.05) is 18.2 Å². The predicted molar refractivity (Wildman–Crippen MR) is 80.2 cm³/mol. The molecule has 1 atom stereocenters. The second-order valence-corrected chi connectivity index (χ2v) is 7.12. The lowest BCUT2D eigenvalue weighted by molar-refractivity contribution is 0.1000. The van der Waals surface area contributed by atoms with Crippen LogP contribution in [0.3, 0.4) is 0 Å². The molecule has 7 heteroatoms. The molecule has 1 fully saturated rings. The van der Waals surface area contributed by atoms with Crippen molar-refractivity contribution >= 4 is 15.9 Å². The Morgan fingerprint density at radius 2 is 1.90 bits per heavy atom. The molecule has 1 aromatic rings. The second-order valence-electron chi connectivity index (χ2n) is 5.23. The molecule has 1 heterocycles. The Morgan fingerprint density at radius 3 is 2.48 bits per heavy atom. The van der Waals surface area contributed by atoms with Gasteiger partial charge in [-0.05, 0) is 50.1 Å². The van der Waals surface area contributed by atoms with Gasteiger partial charge in [0.25, 0.3) is 0 Å². The summed E-state index contributed by atoms with van der Waals surface area (Å²) in [5, 5.41) is 0. The van der Waals surface area contributed by atoms with Crippen LogP contribution in [0.5, 0.6) is 0 Å². The number of sulfonamides is 1. The van der Waals surface area contributed by atoms with Crippen LogP contribution in [0.25, 0.3) is 0 Å². The molecule has 116 valence electrons. The lowest BCUT2D eigenvalue weighted by Crippen LogP contribution is -2.44. The van der Waals surface area contributed by atoms with E-state index in [0.717, 1.165) is 19.3 Å². The molecule has 0 spiro atoms. The van der Waals surface area contributed by atoms with Crippen molar-refractivity contribution < 1.29 is 13.2 Å². The summed E-state index contributed by atoms with van der Waals surface area (Å²) in [5.41, 5.74) is 11.0. The fourth-order valence-corrected chi connectivity index (χ4v) is 4.42. The quantitative estimate of drug-likeness (QED) is 0.833. The first-order valence-corrected chi connectivity index (χ1v) is 8.52. The number of primary amides is 1. The van der Waals surface area contributed by atoms with Crippen molar-refractivity contribution in [3.8, 4) is 0 Å². The first-order valence-electron chi connectivity index (χ1n) is 7.08. The molecule has 6 nitrogen and oxygen atoms in total. The van der Waals surface area contributed by atoms with Gasteiger partial charge in [0.1, 0.15) is 0 Å². The van der Waals surface area contributed by atoms with Gasteiger partial charge >= 0.3 is 0 Å². The van der Waals surface area contributed by atoms with Crippen molar-refractivity contribution in [2.24, 2.45) is 11.5 Å². The van der Waals surface area contributed by atoms with Crippen LogP contribution in [-0.4, -0.2) is 37.8 Å². The SMILES string of the molecule is NCCC1CCCCN1S(=O)(=O)c1ccc(C(N)=O)cc1. The summed E-state index contributed by atoms with van der Waals surface area (Å²) < 4.78 is 27.0. The molecular formula is C14H21N3O3S. The molecule has 4 N–H and O–H groups in total. The van der Waals surface area contributed by atoms with E-state index in [9.17, 15) is 13.2 Å². The van der Waals surface area contributed by atoms with Crippen LogP contribution in [0.4, 0.5) is 0 Å². The number of hydrogen-bond donors (Lipinski definition) is 2. The molecule has 1 amide bonds. The average molecular weight is 311 g/mol. The van der Waals surface area contributed by atoms with E-state index in [1.807, 2.05) is 0 Å². The lowest BCUT2D eigenvalue weighted by Gasteiger charge is -2.34. The Labute approximate surface area is 125 Å². The number of rotatable bonds is 5. The largest absolute Gasteiger partial charge is 0.366 e. The standard InChI is InChI=1S/C14H21N3O3S/c15-9-8-12-3-1-2-10-17(12)21(19,20)13-6-4-11(5-7-13)14(16)18/h4-7,12H,1-3,8-10,15H2,(H2,16,18). The molecule has 1 aromatic carbocycles. The highest BCUT2D eigenvalue weighted by Gasteiger charge is 2.32. The number of carbonyl (C=O) groups excluding carboxylic acids is 1. The molecule has 1 saturated heterocycles. The molecule has 0 aromatic heterocycles. The zero-order chi connectivity index (χ0) is 15.5. The van der Waals surface area contributed by atoms with Gasteiger partial charge in [-0.15, -0.1) is 0 Å². The maximum Gasteiger partial charge on any atom is 0.248 e. The van der Waals surface area contributed by atoms with Crippen LogP contribution in [-0.2, 0) is 10.0 Å². The molecular weight excluding hydrogens is 290 g/mol. The minimum absolute atomic E-state index is 0.0374. The van der Waals surface area contributed by atoms with Gasteiger partial charge < -0.3 is 11.5 Å². The van der Waals surface area contributed by atoms with Crippen LogP contribution in [0.2, 0.25) is 0 Å². The number of carbonyl (C=O) groups is 1. The minimum Gasteiger partial charge on any atom is -0.366 e. The van der Waals surface area contributed by atoms with Crippen molar-refractivity contribution in [2.75, 3.05) is 13.1 Å². The van der Waals surface area contributed by atoms with Crippen LogP contribution in [0, 0.1) is 0 Å². The van der Waals surface area contributed by atoms with E-state index in [2.05, 4.69) is 0 Å². The summed E-state index contributed by atoms with van der Waals surface area (Å²) in [6.07, 6.45) is 3.39. The summed E-state index contributed by atoms with van der Waals surface area (Å²) in [7, 11) is -3.55. The zero-order valence-corrected chi connectivity index (χ0v) is 12.7. The van der Waals surface area contributed by atoms with Gasteiger partial charge in [0.2, 0.25) is 15.9 Å². The van der Waals surface area contributed by atoms with E-state index in [-0.39, 0.29) is 10.9 Å². The van der Waals surface area contributed by atoms with Gasteiger partial charge in [-0.3, -0.25) is 4.79 Å². The van der Waals surface area contributed by atoms with Crippen LogP contribution < -0.4 is 11.5 Å². The number of amides is 1. The number of benzene rings is 1. The normalized spacial score (nSPS) is 20.3. The molecule has 0 saturated carbocycles. The maximum atomic E-state index is 12.7. The smallest absolute Gasteiger partial charge is 0.248 e. The minimum atomic E-state index is -3.55. The van der Waals surface area contributed by atoms with E-state index in [1.54, 1.807) is 4.31 Å². The highest BCUT2D eigenvalue weighted by Crippen LogP contribution is 2.26. The first kappa shape index (κ1) is 15.9. The average Bonchev–Trinajstić information content (AvgIpc) is 2.48. The van der Waals surface area contributed by atoms with Gasteiger partial charge in [0.05, 0.1) is 4.90 Å². The molecule has 2 rings (SSSR count). The third-order valence-electron chi connectivity index (χ3n) is 3.82. The van der Waals surface area contributed by atoms with Gasteiger partial charge in [-0.25, -0.2) is 8.42 Å². The molecule has 0 radical (unpaired) electrons. The van der Waals surface area contributed by atoms with Crippen molar-refractivity contribution in [3.63, 3.8) is 0 Å². The fraction of sp³-hybridized carbons (Fsp3) is 0.500. The Morgan fingerprint density at radius 1 is 1.24 bits per heavy atom. The lowest BCUT2D eigenvalue weighted by atomic mass is 10.0. The highest BCUT2D eigenvalue weighted by atomic mass is 32.2. The van der Waals surface area contributed by atoms with E-state index in [1.165, 1.54) is 24.3 Å². The van der Waals surface area contributed by atoms with E-state index < -0.39 is 15.9 Å². The third-order valence-corrected chi connectivity index (χ3v) is 5.78. The van der Waals surface area contributed by atoms with Crippen LogP contribution >= 0.6 is 0 Å². The van der Waals surface area contributed by atoms with Crippen LogP contribution in [0.15, 0.2) is 29.2 Å². The highest BCUT2D eigenvalue weighted by molar-refractivity contribution is 7.89. The molecule has 1 unspecified atom stereocenters. The summed E-state index contributed by atoms with van der Waals surface area (Å²) in [5.74, 6) is -0.571. The molecule has 0 bridgehead atoms. The summed E-state index contributed by atoms with van der Waals surface area (Å²) in [6.45, 7) is 0.988. The van der Waals surface area contributed by atoms with Crippen molar-refractivity contribution in [1.29, 1.82) is 0 Å². The molecule has 1 aliphatic rings. The maximum absolute atomic E-state index is 12.7. The van der Waals surface area contributed by atoms with Gasteiger partial charge in [0.15, 0.2) is 0 Å². The van der Waals surface area contributed by atoms with Crippen molar-refractivity contribution in [2.45, 2.75) is 36.6 Å². The summed E-state index contributed by atoms with van der Waals surface area (Å²) in [4.78, 5) is 11.2. The van der Waals surface area contributed by atoms with E-state index in [0.29, 0.717) is 25.1 Å². The topological polar surface area (TPSA) is 106 Å². The Bertz CT molecular complexity index is 596. The third kappa shape index (κ3) is 3.42. The van der Waals surface area contributed by atoms with Gasteiger partial charge in [-0.1, -0.05) is 6.42 Å².